The van der Waals surface area contributed by atoms with Crippen LogP contribution < -0.4 is 20.5 Å². The van der Waals surface area contributed by atoms with Crippen molar-refractivity contribution < 1.29 is 18.7 Å². The summed E-state index contributed by atoms with van der Waals surface area (Å²) < 4.78 is 16.5. The first-order chi connectivity index (χ1) is 16.1. The summed E-state index contributed by atoms with van der Waals surface area (Å²) in [6.07, 6.45) is 0. The predicted molar refractivity (Wildman–Crippen MR) is 124 cm³/mol. The van der Waals surface area contributed by atoms with Gasteiger partial charge >= 0.3 is 0 Å². The summed E-state index contributed by atoms with van der Waals surface area (Å²) in [5.74, 6) is 1.56. The number of H-pyrrole nitrogens is 1. The summed E-state index contributed by atoms with van der Waals surface area (Å²) >= 11 is 0. The van der Waals surface area contributed by atoms with Gasteiger partial charge in [-0.05, 0) is 60.7 Å². The molecular formula is C25H20N4O4. The Labute approximate surface area is 188 Å². The molecule has 1 amide bonds. The van der Waals surface area contributed by atoms with Gasteiger partial charge in [-0.15, -0.1) is 5.10 Å². The fraction of sp³-hybridized carbons (Fsp3) is 0.0800. The number of benzene rings is 3. The summed E-state index contributed by atoms with van der Waals surface area (Å²) in [7, 11) is 3.18. The van der Waals surface area contributed by atoms with Crippen molar-refractivity contribution in [2.75, 3.05) is 14.2 Å². The van der Waals surface area contributed by atoms with Crippen LogP contribution in [-0.2, 0) is 0 Å². The molecule has 8 nitrogen and oxygen atoms in total. The zero-order valence-electron chi connectivity index (χ0n) is 18.0. The number of carbonyl (C=O) groups excluding carboxylic acids is 1. The second-order valence-corrected chi connectivity index (χ2v) is 7.25. The van der Waals surface area contributed by atoms with E-state index in [1.54, 1.807) is 50.6 Å². The smallest absolute Gasteiger partial charge is 0.271 e. The van der Waals surface area contributed by atoms with Gasteiger partial charge in [-0.2, -0.15) is 0 Å². The molecule has 0 aliphatic heterocycles. The van der Waals surface area contributed by atoms with Crippen LogP contribution >= 0.6 is 0 Å². The first kappa shape index (κ1) is 20.3. The highest BCUT2D eigenvalue weighted by Crippen LogP contribution is 2.24. The topological polar surface area (TPSA) is 102 Å². The van der Waals surface area contributed by atoms with Gasteiger partial charge in [0.1, 0.15) is 22.9 Å². The normalized spacial score (nSPS) is 11.6. The number of imidazole rings is 1. The van der Waals surface area contributed by atoms with Crippen molar-refractivity contribution in [1.82, 2.24) is 15.4 Å². The van der Waals surface area contributed by atoms with Crippen LogP contribution in [0, 0.1) is 0 Å². The lowest BCUT2D eigenvalue weighted by molar-refractivity contribution is 0.0951. The van der Waals surface area contributed by atoms with Crippen molar-refractivity contribution in [1.29, 1.82) is 0 Å². The van der Waals surface area contributed by atoms with Crippen LogP contribution in [-0.4, -0.2) is 30.1 Å². The number of rotatable bonds is 5. The van der Waals surface area contributed by atoms with E-state index in [-0.39, 0.29) is 11.5 Å². The molecule has 164 valence electrons. The lowest BCUT2D eigenvalue weighted by atomic mass is 10.1. The quantitative estimate of drug-likeness (QED) is 0.398. The fourth-order valence-corrected chi connectivity index (χ4v) is 3.48. The number of para-hydroxylation sites is 2. The van der Waals surface area contributed by atoms with E-state index < -0.39 is 0 Å². The SMILES string of the molecule is COc1ccc(C(=O)N/N=c2/oc3ccc(OC)cc3cc2-c2nc3ccccc3[nH]2)cc1. The molecule has 0 unspecified atom stereocenters. The number of hydrogen-bond donors (Lipinski definition) is 2. The summed E-state index contributed by atoms with van der Waals surface area (Å²) in [6, 6.07) is 21.8. The lowest BCUT2D eigenvalue weighted by Gasteiger charge is -2.06. The third-order valence-electron chi connectivity index (χ3n) is 5.21. The second-order valence-electron chi connectivity index (χ2n) is 7.25. The molecule has 5 aromatic rings. The third-order valence-corrected chi connectivity index (χ3v) is 5.21. The third kappa shape index (κ3) is 4.01. The monoisotopic (exact) mass is 440 g/mol. The lowest BCUT2D eigenvalue weighted by Crippen LogP contribution is -2.22. The summed E-state index contributed by atoms with van der Waals surface area (Å²) in [6.45, 7) is 0. The van der Waals surface area contributed by atoms with Crippen LogP contribution in [0.1, 0.15) is 10.4 Å². The van der Waals surface area contributed by atoms with E-state index in [9.17, 15) is 4.79 Å². The number of nitrogens with one attached hydrogen (secondary N) is 2. The molecular weight excluding hydrogens is 420 g/mol. The zero-order valence-corrected chi connectivity index (χ0v) is 18.0. The highest BCUT2D eigenvalue weighted by atomic mass is 16.5. The molecule has 0 radical (unpaired) electrons. The van der Waals surface area contributed by atoms with Gasteiger partial charge in [0.05, 0.1) is 30.8 Å². The first-order valence-corrected chi connectivity index (χ1v) is 10.2. The minimum absolute atomic E-state index is 0.216. The van der Waals surface area contributed by atoms with Gasteiger partial charge in [0.15, 0.2) is 0 Å². The Morgan fingerprint density at radius 1 is 0.970 bits per heavy atom. The van der Waals surface area contributed by atoms with E-state index >= 15 is 0 Å². The number of nitrogens with zero attached hydrogens (tertiary/aromatic N) is 2. The molecule has 0 saturated heterocycles. The van der Waals surface area contributed by atoms with Crippen molar-refractivity contribution >= 4 is 27.9 Å². The molecule has 3 aromatic carbocycles. The number of hydrogen-bond acceptors (Lipinski definition) is 6. The van der Waals surface area contributed by atoms with Crippen molar-refractivity contribution in [2.45, 2.75) is 0 Å². The van der Waals surface area contributed by atoms with Crippen LogP contribution in [0.2, 0.25) is 0 Å². The molecule has 0 bridgehead atoms. The maximum atomic E-state index is 12.6. The maximum absolute atomic E-state index is 12.6. The van der Waals surface area contributed by atoms with E-state index in [0.717, 1.165) is 16.4 Å². The Balaban J connectivity index is 1.60. The average Bonchev–Trinajstić information content (AvgIpc) is 3.30. The predicted octanol–water partition coefficient (Wildman–Crippen LogP) is 4.24. The second kappa shape index (κ2) is 8.51. The Hall–Kier alpha value is -4.59. The Morgan fingerprint density at radius 3 is 2.48 bits per heavy atom. The van der Waals surface area contributed by atoms with Gasteiger partial charge in [-0.25, -0.2) is 10.4 Å². The molecule has 2 aromatic heterocycles. The van der Waals surface area contributed by atoms with E-state index in [1.165, 1.54) is 0 Å². The summed E-state index contributed by atoms with van der Waals surface area (Å²) in [5.41, 5.74) is 6.11. The Morgan fingerprint density at radius 2 is 1.73 bits per heavy atom. The van der Waals surface area contributed by atoms with Crippen LogP contribution in [0.3, 0.4) is 0 Å². The van der Waals surface area contributed by atoms with E-state index in [4.69, 9.17) is 13.9 Å². The highest BCUT2D eigenvalue weighted by Gasteiger charge is 2.13. The zero-order chi connectivity index (χ0) is 22.8. The van der Waals surface area contributed by atoms with Crippen molar-refractivity contribution in [2.24, 2.45) is 5.10 Å². The van der Waals surface area contributed by atoms with Crippen molar-refractivity contribution in [3.63, 3.8) is 0 Å². The number of aromatic amines is 1. The van der Waals surface area contributed by atoms with Gasteiger partial charge in [0.2, 0.25) is 5.55 Å². The van der Waals surface area contributed by atoms with Crippen molar-refractivity contribution in [3.05, 3.63) is 83.9 Å². The van der Waals surface area contributed by atoms with Crippen LogP contribution in [0.25, 0.3) is 33.4 Å². The van der Waals surface area contributed by atoms with Crippen LogP contribution in [0.5, 0.6) is 11.5 Å². The van der Waals surface area contributed by atoms with Crippen molar-refractivity contribution in [3.8, 4) is 22.9 Å². The average molecular weight is 440 g/mol. The molecule has 8 heteroatoms. The van der Waals surface area contributed by atoms with E-state index in [0.29, 0.717) is 34.0 Å². The van der Waals surface area contributed by atoms with E-state index in [2.05, 4.69) is 20.5 Å². The molecule has 0 fully saturated rings. The number of fused-ring (bicyclic) bond motifs is 2. The molecule has 2 heterocycles. The molecule has 0 atom stereocenters. The number of methoxy groups -OCH3 is 2. The highest BCUT2D eigenvalue weighted by molar-refractivity contribution is 5.94. The number of carbonyl (C=O) groups is 1. The van der Waals surface area contributed by atoms with Crippen LogP contribution in [0.4, 0.5) is 0 Å². The van der Waals surface area contributed by atoms with Gasteiger partial charge in [0.25, 0.3) is 5.91 Å². The first-order valence-electron chi connectivity index (χ1n) is 10.2. The number of amides is 1. The van der Waals surface area contributed by atoms with Crippen LogP contribution in [0.15, 0.2) is 82.3 Å². The summed E-state index contributed by atoms with van der Waals surface area (Å²) in [5, 5.41) is 5.09. The minimum atomic E-state index is -0.377. The van der Waals surface area contributed by atoms with Gasteiger partial charge in [0, 0.05) is 10.9 Å². The van der Waals surface area contributed by atoms with E-state index in [1.807, 2.05) is 36.4 Å². The maximum Gasteiger partial charge on any atom is 0.271 e. The Bertz CT molecular complexity index is 1500. The Kier molecular flexibility index (Phi) is 5.24. The van der Waals surface area contributed by atoms with Gasteiger partial charge in [-0.3, -0.25) is 4.79 Å². The van der Waals surface area contributed by atoms with Gasteiger partial charge in [-0.1, -0.05) is 12.1 Å². The molecule has 0 saturated carbocycles. The number of ether oxygens (including phenoxy) is 2. The number of aromatic nitrogens is 2. The fourth-order valence-electron chi connectivity index (χ4n) is 3.48. The van der Waals surface area contributed by atoms with Gasteiger partial charge < -0.3 is 18.9 Å². The molecule has 0 aliphatic rings. The molecule has 2 N–H and O–H groups in total. The molecule has 0 spiro atoms. The summed E-state index contributed by atoms with van der Waals surface area (Å²) in [4.78, 5) is 20.6. The molecule has 33 heavy (non-hydrogen) atoms. The molecule has 5 rings (SSSR count). The minimum Gasteiger partial charge on any atom is -0.497 e. The standard InChI is InChI=1S/C25H20N4O4/c1-31-17-9-7-15(8-10-17)24(30)28-29-25-19(23-26-20-5-3-4-6-21(20)27-23)14-16-13-18(32-2)11-12-22(16)33-25/h3-14H,1-2H3,(H,26,27)(H,28,30)/b29-25+. The molecule has 0 aliphatic carbocycles. The largest absolute Gasteiger partial charge is 0.497 e.